The number of fused-ring (bicyclic) bond motifs is 1. The molecule has 40 heavy (non-hydrogen) atoms. The van der Waals surface area contributed by atoms with Gasteiger partial charge >= 0.3 is 0 Å². The Labute approximate surface area is 231 Å². The maximum atomic E-state index is 13.9. The highest BCUT2D eigenvalue weighted by atomic mass is 32.2. The largest absolute Gasteiger partial charge is 0.473 e. The molecule has 0 spiro atoms. The summed E-state index contributed by atoms with van der Waals surface area (Å²) in [6, 6.07) is 7.01. The number of nitriles is 1. The van der Waals surface area contributed by atoms with E-state index >= 15 is 0 Å². The summed E-state index contributed by atoms with van der Waals surface area (Å²) in [6.45, 7) is -0.284. The SMILES string of the molecule is CN(c1nccs1)S(=O)(=O)C1(COc2nncc3cc(C(=O)NCc4ccc(C#N)c(F)c4)c(=O)n(C)c23)CC1. The van der Waals surface area contributed by atoms with Gasteiger partial charge in [0.25, 0.3) is 17.3 Å². The zero-order valence-corrected chi connectivity index (χ0v) is 22.9. The molecule has 15 heteroatoms. The number of nitrogens with zero attached hydrogens (tertiary/aromatic N) is 6. The summed E-state index contributed by atoms with van der Waals surface area (Å²) in [5.74, 6) is -1.45. The van der Waals surface area contributed by atoms with Crippen LogP contribution in [0.25, 0.3) is 10.9 Å². The van der Waals surface area contributed by atoms with Crippen LogP contribution >= 0.6 is 11.3 Å². The van der Waals surface area contributed by atoms with Crippen molar-refractivity contribution in [1.29, 1.82) is 5.26 Å². The predicted octanol–water partition coefficient (Wildman–Crippen LogP) is 2.10. The van der Waals surface area contributed by atoms with Crippen LogP contribution in [0.15, 0.2) is 46.8 Å². The van der Waals surface area contributed by atoms with Gasteiger partial charge in [0.2, 0.25) is 10.0 Å². The first-order valence-corrected chi connectivity index (χ1v) is 14.2. The molecular weight excluding hydrogens is 561 g/mol. The highest BCUT2D eigenvalue weighted by molar-refractivity contribution is 7.94. The Morgan fingerprint density at radius 1 is 1.35 bits per heavy atom. The smallest absolute Gasteiger partial charge is 0.263 e. The summed E-state index contributed by atoms with van der Waals surface area (Å²) in [4.78, 5) is 30.0. The lowest BCUT2D eigenvalue weighted by Gasteiger charge is -2.24. The van der Waals surface area contributed by atoms with Gasteiger partial charge < -0.3 is 14.6 Å². The third-order valence-electron chi connectivity index (χ3n) is 6.72. The van der Waals surface area contributed by atoms with E-state index in [2.05, 4.69) is 20.5 Å². The molecule has 0 atom stereocenters. The molecule has 0 saturated heterocycles. The summed E-state index contributed by atoms with van der Waals surface area (Å²) in [6.07, 6.45) is 3.65. The third-order valence-corrected chi connectivity index (χ3v) is 10.2. The van der Waals surface area contributed by atoms with Gasteiger partial charge in [-0.05, 0) is 36.6 Å². The average Bonchev–Trinajstić information content (AvgIpc) is 3.56. The number of halogens is 1. The van der Waals surface area contributed by atoms with E-state index in [9.17, 15) is 22.4 Å². The van der Waals surface area contributed by atoms with Crippen molar-refractivity contribution in [3.8, 4) is 11.9 Å². The fraction of sp³-hybridized carbons (Fsp3) is 0.280. The third kappa shape index (κ3) is 4.75. The number of hydrogen-bond donors (Lipinski definition) is 1. The fourth-order valence-corrected chi connectivity index (χ4v) is 6.79. The van der Waals surface area contributed by atoms with Gasteiger partial charge in [-0.2, -0.15) is 10.4 Å². The lowest BCUT2D eigenvalue weighted by atomic mass is 10.1. The Bertz CT molecular complexity index is 1830. The second-order valence-corrected chi connectivity index (χ2v) is 12.5. The van der Waals surface area contributed by atoms with Gasteiger partial charge in [-0.1, -0.05) is 6.07 Å². The molecule has 5 rings (SSSR count). The van der Waals surface area contributed by atoms with Gasteiger partial charge in [0.15, 0.2) is 5.13 Å². The molecule has 1 aliphatic rings. The Hall–Kier alpha value is -4.42. The number of hydrogen-bond acceptors (Lipinski definition) is 10. The maximum absolute atomic E-state index is 13.9. The van der Waals surface area contributed by atoms with Gasteiger partial charge in [0.05, 0.1) is 11.8 Å². The molecule has 1 aliphatic carbocycles. The first-order valence-electron chi connectivity index (χ1n) is 11.9. The predicted molar refractivity (Wildman–Crippen MR) is 144 cm³/mol. The molecule has 1 saturated carbocycles. The summed E-state index contributed by atoms with van der Waals surface area (Å²) in [7, 11) is -0.918. The number of sulfonamides is 1. The molecule has 12 nitrogen and oxygen atoms in total. The zero-order valence-electron chi connectivity index (χ0n) is 21.3. The van der Waals surface area contributed by atoms with Crippen molar-refractivity contribution in [1.82, 2.24) is 25.1 Å². The summed E-state index contributed by atoms with van der Waals surface area (Å²) in [5, 5.41) is 21.7. The van der Waals surface area contributed by atoms with Crippen LogP contribution in [0.5, 0.6) is 5.88 Å². The van der Waals surface area contributed by atoms with E-state index in [4.69, 9.17) is 10.00 Å². The van der Waals surface area contributed by atoms with Crippen molar-refractivity contribution < 1.29 is 22.3 Å². The van der Waals surface area contributed by atoms with E-state index in [0.29, 0.717) is 28.9 Å². The molecule has 0 unspecified atom stereocenters. The second kappa shape index (κ2) is 10.3. The first-order chi connectivity index (χ1) is 19.1. The molecule has 1 N–H and O–H groups in total. The molecule has 1 amide bonds. The summed E-state index contributed by atoms with van der Waals surface area (Å²) >= 11 is 1.20. The molecule has 3 heterocycles. The van der Waals surface area contributed by atoms with Gasteiger partial charge in [0, 0.05) is 37.6 Å². The standard InChI is InChI=1S/C25H22FN7O5S2/c1-32-20-17(10-18(23(32)35)21(34)29-12-15-3-4-16(11-27)19(26)9-15)13-30-31-22(20)38-14-25(5-6-25)40(36,37)33(2)24-28-7-8-39-24/h3-4,7-10,13H,5-6,12,14H2,1-2H3,(H,29,34). The highest BCUT2D eigenvalue weighted by Gasteiger charge is 2.58. The van der Waals surface area contributed by atoms with Gasteiger partial charge in [-0.25, -0.2) is 22.1 Å². The van der Waals surface area contributed by atoms with Gasteiger partial charge in [-0.3, -0.25) is 9.59 Å². The number of carbonyl (C=O) groups excluding carboxylic acids is 1. The number of rotatable bonds is 9. The van der Waals surface area contributed by atoms with Crippen LogP contribution in [-0.2, 0) is 23.6 Å². The minimum absolute atomic E-state index is 0.0458. The van der Waals surface area contributed by atoms with E-state index < -0.39 is 32.1 Å². The summed E-state index contributed by atoms with van der Waals surface area (Å²) < 4.78 is 47.5. The highest BCUT2D eigenvalue weighted by Crippen LogP contribution is 2.46. The number of thiazole rings is 1. The number of anilines is 1. The average molecular weight is 584 g/mol. The lowest BCUT2D eigenvalue weighted by Crippen LogP contribution is -2.41. The van der Waals surface area contributed by atoms with E-state index in [1.807, 2.05) is 0 Å². The second-order valence-electron chi connectivity index (χ2n) is 9.24. The van der Waals surface area contributed by atoms with Crippen molar-refractivity contribution >= 4 is 43.3 Å². The van der Waals surface area contributed by atoms with Crippen LogP contribution in [0, 0.1) is 17.1 Å². The van der Waals surface area contributed by atoms with Crippen molar-refractivity contribution in [3.63, 3.8) is 0 Å². The normalized spacial score (nSPS) is 13.9. The Kier molecular flexibility index (Phi) is 6.98. The van der Waals surface area contributed by atoms with Crippen LogP contribution in [0.2, 0.25) is 0 Å². The van der Waals surface area contributed by atoms with Crippen LogP contribution in [-0.4, -0.2) is 52.5 Å². The number of carbonyl (C=O) groups is 1. The molecule has 3 aromatic heterocycles. The number of pyridine rings is 1. The van der Waals surface area contributed by atoms with Crippen molar-refractivity contribution in [2.45, 2.75) is 24.1 Å². The van der Waals surface area contributed by atoms with Crippen LogP contribution in [0.1, 0.15) is 34.3 Å². The Balaban J connectivity index is 1.36. The zero-order chi connectivity index (χ0) is 28.7. The quantitative estimate of drug-likeness (QED) is 0.311. The molecule has 1 aromatic carbocycles. The van der Waals surface area contributed by atoms with Gasteiger partial charge in [0.1, 0.15) is 34.3 Å². The number of aryl methyl sites for hydroxylation is 1. The summed E-state index contributed by atoms with van der Waals surface area (Å²) in [5.41, 5.74) is -0.296. The van der Waals surface area contributed by atoms with Crippen molar-refractivity contribution in [3.05, 3.63) is 74.9 Å². The monoisotopic (exact) mass is 583 g/mol. The van der Waals surface area contributed by atoms with E-state index in [1.165, 1.54) is 60.6 Å². The van der Waals surface area contributed by atoms with E-state index in [0.717, 1.165) is 10.4 Å². The fourth-order valence-electron chi connectivity index (χ4n) is 4.20. The molecule has 0 bridgehead atoms. The molecular formula is C25H22FN7O5S2. The van der Waals surface area contributed by atoms with E-state index in [-0.39, 0.29) is 35.7 Å². The molecule has 1 fully saturated rings. The first kappa shape index (κ1) is 27.2. The molecule has 0 aliphatic heterocycles. The minimum Gasteiger partial charge on any atom is -0.473 e. The van der Waals surface area contributed by atoms with Crippen LogP contribution in [0.4, 0.5) is 9.52 Å². The topological polar surface area (TPSA) is 160 Å². The van der Waals surface area contributed by atoms with Crippen LogP contribution < -0.4 is 19.9 Å². The number of benzene rings is 1. The molecule has 4 aromatic rings. The number of amides is 1. The number of nitrogens with one attached hydrogen (secondary N) is 1. The Morgan fingerprint density at radius 3 is 2.77 bits per heavy atom. The van der Waals surface area contributed by atoms with Crippen molar-refractivity contribution in [2.75, 3.05) is 18.0 Å². The lowest BCUT2D eigenvalue weighted by molar-refractivity contribution is 0.0949. The van der Waals surface area contributed by atoms with E-state index in [1.54, 1.807) is 11.4 Å². The van der Waals surface area contributed by atoms with Crippen molar-refractivity contribution in [2.24, 2.45) is 7.05 Å². The maximum Gasteiger partial charge on any atom is 0.263 e. The Morgan fingerprint density at radius 2 is 2.12 bits per heavy atom. The molecule has 206 valence electrons. The van der Waals surface area contributed by atoms with Gasteiger partial charge in [-0.15, -0.1) is 16.4 Å². The number of ether oxygens (including phenoxy) is 1. The number of aromatic nitrogens is 4. The molecule has 0 radical (unpaired) electrons. The van der Waals surface area contributed by atoms with Crippen LogP contribution in [0.3, 0.4) is 0 Å². The minimum atomic E-state index is -3.80.